The maximum atomic E-state index is 14.3. The first-order valence-corrected chi connectivity index (χ1v) is 15.8. The predicted molar refractivity (Wildman–Crippen MR) is 163 cm³/mol. The zero-order valence-electron chi connectivity index (χ0n) is 24.6. The van der Waals surface area contributed by atoms with Crippen LogP contribution in [0.1, 0.15) is 25.7 Å². The minimum atomic E-state index is -4.36. The highest BCUT2D eigenvalue weighted by Crippen LogP contribution is 2.36. The predicted octanol–water partition coefficient (Wildman–Crippen LogP) is 4.11. The molecule has 2 fully saturated rings. The van der Waals surface area contributed by atoms with E-state index in [0.717, 1.165) is 49.1 Å². The lowest BCUT2D eigenvalue weighted by atomic mass is 9.87. The number of anilines is 2. The Morgan fingerprint density at radius 1 is 1.11 bits per heavy atom. The van der Waals surface area contributed by atoms with E-state index in [9.17, 15) is 17.2 Å². The normalized spacial score (nSPS) is 16.6. The van der Waals surface area contributed by atoms with E-state index in [4.69, 9.17) is 25.1 Å². The lowest BCUT2D eigenvalue weighted by molar-refractivity contribution is -0.122. The monoisotopic (exact) mass is 644 g/mol. The summed E-state index contributed by atoms with van der Waals surface area (Å²) >= 11 is 0. The molecule has 45 heavy (non-hydrogen) atoms. The summed E-state index contributed by atoms with van der Waals surface area (Å²) in [5.74, 6) is -1.63. The first-order valence-electron chi connectivity index (χ1n) is 14.3. The van der Waals surface area contributed by atoms with Gasteiger partial charge in [-0.25, -0.2) is 27.2 Å². The van der Waals surface area contributed by atoms with Crippen LogP contribution in [0.25, 0.3) is 22.2 Å². The van der Waals surface area contributed by atoms with E-state index in [1.807, 2.05) is 22.8 Å². The van der Waals surface area contributed by atoms with Gasteiger partial charge in [-0.15, -0.1) is 0 Å². The van der Waals surface area contributed by atoms with Crippen molar-refractivity contribution in [3.8, 4) is 17.0 Å². The van der Waals surface area contributed by atoms with Crippen molar-refractivity contribution in [3.05, 3.63) is 60.3 Å². The standard InChI is InChI=1S/C29H32F2N6O4S.CH2O2/c1-40-27-26(42(38,39)35-23-7-5-21(30)16-22(23)31)15-20(17-33-27)19-4-6-24-25(14-19)37(28(32)34-24)18-29(8-12-41-13-9-29)36-10-2-3-11-36;2-1-3/h4-7,14-17,35H,2-3,8-13,18H2,1H3,(H2,32,34);1H,(H,2,3). The molecular formula is C30H34F2N6O6S. The van der Waals surface area contributed by atoms with Crippen LogP contribution in [0, 0.1) is 11.6 Å². The number of pyridine rings is 1. The number of likely N-dealkylation sites (tertiary alicyclic amines) is 1. The Labute approximate surface area is 258 Å². The molecule has 2 aliphatic heterocycles. The number of carbonyl (C=O) groups is 1. The van der Waals surface area contributed by atoms with E-state index in [-0.39, 0.29) is 22.8 Å². The SMILES string of the molecule is COc1ncc(-c2ccc3nc(N)n(CC4(N5CCCC5)CCOCC4)c3c2)cc1S(=O)(=O)Nc1ccc(F)cc1F.O=CO. The van der Waals surface area contributed by atoms with Crippen molar-refractivity contribution < 1.29 is 36.6 Å². The van der Waals surface area contributed by atoms with E-state index >= 15 is 0 Å². The third-order valence-electron chi connectivity index (χ3n) is 8.24. The van der Waals surface area contributed by atoms with Crippen LogP contribution in [0.15, 0.2) is 53.6 Å². The third-order valence-corrected chi connectivity index (χ3v) is 9.60. The molecule has 0 spiro atoms. The Balaban J connectivity index is 0.00000128. The third kappa shape index (κ3) is 6.70. The number of sulfonamides is 1. The molecule has 4 aromatic rings. The van der Waals surface area contributed by atoms with Crippen LogP contribution >= 0.6 is 0 Å². The number of halogens is 2. The number of carboxylic acid groups (broad SMARTS) is 1. The minimum Gasteiger partial charge on any atom is -0.483 e. The number of hydrogen-bond acceptors (Lipinski definition) is 9. The smallest absolute Gasteiger partial charge is 0.290 e. The van der Waals surface area contributed by atoms with Crippen LogP contribution in [0.2, 0.25) is 0 Å². The molecule has 15 heteroatoms. The average Bonchev–Trinajstić information content (AvgIpc) is 3.68. The average molecular weight is 645 g/mol. The maximum Gasteiger partial charge on any atom is 0.290 e. The van der Waals surface area contributed by atoms with E-state index in [1.165, 1.54) is 32.2 Å². The summed E-state index contributed by atoms with van der Waals surface area (Å²) in [6.45, 7) is 3.89. The van der Waals surface area contributed by atoms with Crippen LogP contribution in [0.3, 0.4) is 0 Å². The van der Waals surface area contributed by atoms with Crippen LogP contribution in [0.5, 0.6) is 5.88 Å². The van der Waals surface area contributed by atoms with E-state index in [0.29, 0.717) is 42.9 Å². The van der Waals surface area contributed by atoms with Crippen LogP contribution in [0.4, 0.5) is 20.4 Å². The summed E-state index contributed by atoms with van der Waals surface area (Å²) in [6.07, 6.45) is 5.65. The lowest BCUT2D eigenvalue weighted by Crippen LogP contribution is -2.53. The van der Waals surface area contributed by atoms with Crippen molar-refractivity contribution in [2.45, 2.75) is 42.7 Å². The first-order chi connectivity index (χ1) is 21.6. The molecule has 240 valence electrons. The highest BCUT2D eigenvalue weighted by atomic mass is 32.2. The Kier molecular flexibility index (Phi) is 9.51. The fourth-order valence-corrected chi connectivity index (χ4v) is 7.22. The van der Waals surface area contributed by atoms with Crippen LogP contribution in [-0.2, 0) is 26.1 Å². The van der Waals surface area contributed by atoms with Gasteiger partial charge >= 0.3 is 0 Å². The fraction of sp³-hybridized carbons (Fsp3) is 0.367. The van der Waals surface area contributed by atoms with Crippen molar-refractivity contribution in [2.75, 3.05) is 43.9 Å². The summed E-state index contributed by atoms with van der Waals surface area (Å²) in [6, 6.07) is 9.56. The lowest BCUT2D eigenvalue weighted by Gasteiger charge is -2.45. The number of ether oxygens (including phenoxy) is 2. The minimum absolute atomic E-state index is 0.0866. The van der Waals surface area contributed by atoms with Gasteiger partial charge in [0, 0.05) is 43.1 Å². The molecule has 0 aliphatic carbocycles. The van der Waals surface area contributed by atoms with Gasteiger partial charge in [0.15, 0.2) is 0 Å². The Hall–Kier alpha value is -4.34. The number of nitrogens with two attached hydrogens (primary N) is 1. The number of nitrogens with one attached hydrogen (secondary N) is 1. The van der Waals surface area contributed by atoms with Gasteiger partial charge in [-0.1, -0.05) is 6.07 Å². The van der Waals surface area contributed by atoms with Gasteiger partial charge in [0.1, 0.15) is 16.5 Å². The van der Waals surface area contributed by atoms with Gasteiger partial charge in [-0.2, -0.15) is 0 Å². The van der Waals surface area contributed by atoms with Gasteiger partial charge in [0.2, 0.25) is 11.8 Å². The number of hydrogen-bond donors (Lipinski definition) is 3. The van der Waals surface area contributed by atoms with Gasteiger partial charge in [0.25, 0.3) is 16.5 Å². The molecule has 0 atom stereocenters. The van der Waals surface area contributed by atoms with Crippen molar-refractivity contribution in [2.24, 2.45) is 0 Å². The zero-order valence-corrected chi connectivity index (χ0v) is 25.4. The molecule has 4 N–H and O–H groups in total. The quantitative estimate of drug-likeness (QED) is 0.238. The topological polar surface area (TPSA) is 162 Å². The summed E-state index contributed by atoms with van der Waals surface area (Å²) in [4.78, 5) is 19.4. The summed E-state index contributed by atoms with van der Waals surface area (Å²) in [5.41, 5.74) is 8.70. The van der Waals surface area contributed by atoms with E-state index in [2.05, 4.69) is 19.6 Å². The van der Waals surface area contributed by atoms with Gasteiger partial charge in [-0.3, -0.25) is 14.4 Å². The molecular weight excluding hydrogens is 610 g/mol. The fourth-order valence-electron chi connectivity index (χ4n) is 6.01. The number of fused-ring (bicyclic) bond motifs is 1. The molecule has 0 amide bonds. The van der Waals surface area contributed by atoms with Crippen LogP contribution < -0.4 is 15.2 Å². The second-order valence-corrected chi connectivity index (χ2v) is 12.5. The van der Waals surface area contributed by atoms with Crippen molar-refractivity contribution >= 4 is 39.2 Å². The molecule has 0 radical (unpaired) electrons. The maximum absolute atomic E-state index is 14.3. The van der Waals surface area contributed by atoms with Crippen LogP contribution in [-0.4, -0.2) is 78.4 Å². The largest absolute Gasteiger partial charge is 0.483 e. The number of nitrogens with zero attached hydrogens (tertiary/aromatic N) is 4. The number of aromatic nitrogens is 3. The molecule has 0 unspecified atom stereocenters. The van der Waals surface area contributed by atoms with Gasteiger partial charge < -0.3 is 24.9 Å². The summed E-state index contributed by atoms with van der Waals surface area (Å²) in [7, 11) is -3.07. The zero-order chi connectivity index (χ0) is 32.2. The van der Waals surface area contributed by atoms with Crippen molar-refractivity contribution in [1.29, 1.82) is 0 Å². The van der Waals surface area contributed by atoms with E-state index in [1.54, 1.807) is 0 Å². The number of rotatable bonds is 8. The molecule has 2 aromatic carbocycles. The molecule has 6 rings (SSSR count). The summed E-state index contributed by atoms with van der Waals surface area (Å²) < 4.78 is 69.4. The number of benzene rings is 2. The second-order valence-electron chi connectivity index (χ2n) is 10.9. The van der Waals surface area contributed by atoms with Gasteiger partial charge in [0.05, 0.1) is 23.8 Å². The number of methoxy groups -OCH3 is 1. The molecule has 0 bridgehead atoms. The first kappa shape index (κ1) is 32.1. The Bertz CT molecular complexity index is 1790. The highest BCUT2D eigenvalue weighted by Gasteiger charge is 2.40. The highest BCUT2D eigenvalue weighted by molar-refractivity contribution is 7.92. The number of imidazole rings is 1. The Morgan fingerprint density at radius 3 is 2.49 bits per heavy atom. The van der Waals surface area contributed by atoms with Crippen molar-refractivity contribution in [1.82, 2.24) is 19.4 Å². The van der Waals surface area contributed by atoms with E-state index < -0.39 is 27.3 Å². The molecule has 0 saturated carbocycles. The van der Waals surface area contributed by atoms with Crippen molar-refractivity contribution in [3.63, 3.8) is 0 Å². The molecule has 2 aromatic heterocycles. The summed E-state index contributed by atoms with van der Waals surface area (Å²) in [5, 5.41) is 6.89. The molecule has 12 nitrogen and oxygen atoms in total. The molecule has 2 saturated heterocycles. The molecule has 4 heterocycles. The molecule has 2 aliphatic rings. The van der Waals surface area contributed by atoms with Gasteiger partial charge in [-0.05, 0) is 74.7 Å². The number of nitrogen functional groups attached to an aromatic ring is 1. The Morgan fingerprint density at radius 2 is 1.82 bits per heavy atom. The second kappa shape index (κ2) is 13.3.